The average molecular weight is 359 g/mol. The van der Waals surface area contributed by atoms with Gasteiger partial charge < -0.3 is 10.2 Å². The number of likely N-dealkylation sites (tertiary alicyclic amines) is 1. The highest BCUT2D eigenvalue weighted by Gasteiger charge is 2.28. The molecule has 0 bridgehead atoms. The second-order valence-electron chi connectivity index (χ2n) is 6.23. The van der Waals surface area contributed by atoms with Gasteiger partial charge in [0.1, 0.15) is 0 Å². The first-order valence-electron chi connectivity index (χ1n) is 8.46. The molecule has 2 amide bonds. The monoisotopic (exact) mass is 359 g/mol. The molecule has 26 heavy (non-hydrogen) atoms. The van der Waals surface area contributed by atoms with Gasteiger partial charge in [-0.3, -0.25) is 14.6 Å². The van der Waals surface area contributed by atoms with Crippen molar-refractivity contribution in [1.82, 2.24) is 15.2 Å². The molecule has 1 aromatic carbocycles. The van der Waals surface area contributed by atoms with Crippen LogP contribution in [-0.4, -0.2) is 34.8 Å². The summed E-state index contributed by atoms with van der Waals surface area (Å²) in [7, 11) is 0. The van der Waals surface area contributed by atoms with E-state index in [0.717, 1.165) is 17.8 Å². The van der Waals surface area contributed by atoms with Crippen molar-refractivity contribution in [3.63, 3.8) is 0 Å². The van der Waals surface area contributed by atoms with Crippen LogP contribution in [0.25, 0.3) is 0 Å². The van der Waals surface area contributed by atoms with Crippen LogP contribution in [0, 0.1) is 17.6 Å². The molecule has 5 nitrogen and oxygen atoms in total. The van der Waals surface area contributed by atoms with E-state index in [4.69, 9.17) is 0 Å². The highest BCUT2D eigenvalue weighted by molar-refractivity contribution is 5.94. The first kappa shape index (κ1) is 18.0. The molecule has 3 rings (SSSR count). The van der Waals surface area contributed by atoms with Crippen molar-refractivity contribution >= 4 is 11.8 Å². The Bertz CT molecular complexity index is 791. The standard InChI is InChI=1S/C19H19F2N3O2/c20-16-5-4-14(11-17(16)21)19(26)24-9-6-13(7-10-24)18(25)23-12-15-3-1-2-8-22-15/h1-5,8,11,13H,6-7,9-10,12H2,(H,23,25). The lowest BCUT2D eigenvalue weighted by Crippen LogP contribution is -2.43. The van der Waals surface area contributed by atoms with Gasteiger partial charge in [-0.1, -0.05) is 6.07 Å². The van der Waals surface area contributed by atoms with Crippen molar-refractivity contribution in [2.75, 3.05) is 13.1 Å². The van der Waals surface area contributed by atoms with Gasteiger partial charge in [-0.2, -0.15) is 0 Å². The Morgan fingerprint density at radius 3 is 2.54 bits per heavy atom. The van der Waals surface area contributed by atoms with Crippen LogP contribution in [-0.2, 0) is 11.3 Å². The Morgan fingerprint density at radius 2 is 1.88 bits per heavy atom. The summed E-state index contributed by atoms with van der Waals surface area (Å²) in [5.41, 5.74) is 0.897. The molecule has 1 aromatic heterocycles. The van der Waals surface area contributed by atoms with Crippen LogP contribution in [0.5, 0.6) is 0 Å². The first-order valence-corrected chi connectivity index (χ1v) is 8.46. The lowest BCUT2D eigenvalue weighted by atomic mass is 9.95. The lowest BCUT2D eigenvalue weighted by molar-refractivity contribution is -0.126. The summed E-state index contributed by atoms with van der Waals surface area (Å²) < 4.78 is 26.3. The maximum absolute atomic E-state index is 13.3. The zero-order valence-corrected chi connectivity index (χ0v) is 14.1. The summed E-state index contributed by atoms with van der Waals surface area (Å²) in [5.74, 6) is -2.61. The molecule has 7 heteroatoms. The van der Waals surface area contributed by atoms with Gasteiger partial charge in [0.2, 0.25) is 5.91 Å². The van der Waals surface area contributed by atoms with Crippen LogP contribution in [0.3, 0.4) is 0 Å². The molecule has 0 atom stereocenters. The number of aromatic nitrogens is 1. The van der Waals surface area contributed by atoms with Gasteiger partial charge in [0.05, 0.1) is 12.2 Å². The average Bonchev–Trinajstić information content (AvgIpc) is 2.68. The Kier molecular flexibility index (Phi) is 5.55. The summed E-state index contributed by atoms with van der Waals surface area (Å²) >= 11 is 0. The minimum absolute atomic E-state index is 0.0596. The van der Waals surface area contributed by atoms with E-state index < -0.39 is 11.6 Å². The van der Waals surface area contributed by atoms with Gasteiger partial charge >= 0.3 is 0 Å². The summed E-state index contributed by atoms with van der Waals surface area (Å²) in [4.78, 5) is 30.4. The van der Waals surface area contributed by atoms with Crippen LogP contribution in [0.1, 0.15) is 28.9 Å². The van der Waals surface area contributed by atoms with E-state index in [1.807, 2.05) is 18.2 Å². The highest BCUT2D eigenvalue weighted by Crippen LogP contribution is 2.20. The van der Waals surface area contributed by atoms with Gasteiger partial charge in [0.25, 0.3) is 5.91 Å². The second kappa shape index (κ2) is 8.03. The molecule has 1 N–H and O–H groups in total. The van der Waals surface area contributed by atoms with Crippen molar-refractivity contribution in [3.05, 3.63) is 65.5 Å². The fraction of sp³-hybridized carbons (Fsp3) is 0.316. The number of rotatable bonds is 4. The Balaban J connectivity index is 1.51. The summed E-state index contributed by atoms with van der Waals surface area (Å²) in [5, 5.41) is 2.86. The van der Waals surface area contributed by atoms with E-state index in [1.165, 1.54) is 6.07 Å². The minimum atomic E-state index is -1.04. The molecule has 2 heterocycles. The van der Waals surface area contributed by atoms with Crippen molar-refractivity contribution in [3.8, 4) is 0 Å². The number of carbonyl (C=O) groups is 2. The molecule has 0 unspecified atom stereocenters. The zero-order valence-electron chi connectivity index (χ0n) is 14.1. The number of pyridine rings is 1. The second-order valence-corrected chi connectivity index (χ2v) is 6.23. The third kappa shape index (κ3) is 4.22. The van der Waals surface area contributed by atoms with Crippen LogP contribution < -0.4 is 5.32 Å². The maximum Gasteiger partial charge on any atom is 0.253 e. The normalized spacial score (nSPS) is 14.9. The maximum atomic E-state index is 13.3. The number of hydrogen-bond donors (Lipinski definition) is 1. The molecule has 0 radical (unpaired) electrons. The highest BCUT2D eigenvalue weighted by atomic mass is 19.2. The zero-order chi connectivity index (χ0) is 18.5. The molecule has 0 saturated carbocycles. The van der Waals surface area contributed by atoms with Crippen molar-refractivity contribution in [2.45, 2.75) is 19.4 Å². The number of nitrogens with zero attached hydrogens (tertiary/aromatic N) is 2. The van der Waals surface area contributed by atoms with E-state index in [-0.39, 0.29) is 23.3 Å². The molecule has 1 saturated heterocycles. The number of piperidine rings is 1. The molecular formula is C19H19F2N3O2. The fourth-order valence-electron chi connectivity index (χ4n) is 2.98. The van der Waals surface area contributed by atoms with Gasteiger partial charge in [0.15, 0.2) is 11.6 Å². The summed E-state index contributed by atoms with van der Waals surface area (Å²) in [6, 6.07) is 8.63. The summed E-state index contributed by atoms with van der Waals surface area (Å²) in [6.07, 6.45) is 2.73. The Labute approximate surface area is 150 Å². The van der Waals surface area contributed by atoms with Crippen molar-refractivity contribution in [2.24, 2.45) is 5.92 Å². The van der Waals surface area contributed by atoms with E-state index >= 15 is 0 Å². The molecule has 136 valence electrons. The van der Waals surface area contributed by atoms with Gasteiger partial charge in [-0.15, -0.1) is 0 Å². The molecule has 2 aromatic rings. The Hall–Kier alpha value is -2.83. The van der Waals surface area contributed by atoms with Gasteiger partial charge in [-0.05, 0) is 43.2 Å². The number of carbonyl (C=O) groups excluding carboxylic acids is 2. The smallest absolute Gasteiger partial charge is 0.253 e. The molecule has 1 aliphatic heterocycles. The van der Waals surface area contributed by atoms with Crippen LogP contribution in [0.15, 0.2) is 42.6 Å². The molecule has 1 fully saturated rings. The van der Waals surface area contributed by atoms with Crippen LogP contribution >= 0.6 is 0 Å². The lowest BCUT2D eigenvalue weighted by Gasteiger charge is -2.31. The van der Waals surface area contributed by atoms with Gasteiger partial charge in [0, 0.05) is 30.8 Å². The number of benzene rings is 1. The largest absolute Gasteiger partial charge is 0.350 e. The molecule has 0 spiro atoms. The number of halogens is 2. The number of hydrogen-bond acceptors (Lipinski definition) is 3. The SMILES string of the molecule is O=C(NCc1ccccn1)C1CCN(C(=O)c2ccc(F)c(F)c2)CC1. The Morgan fingerprint density at radius 1 is 1.12 bits per heavy atom. The first-order chi connectivity index (χ1) is 12.5. The molecule has 1 aliphatic rings. The van der Waals surface area contributed by atoms with Crippen LogP contribution in [0.4, 0.5) is 8.78 Å². The van der Waals surface area contributed by atoms with Crippen molar-refractivity contribution < 1.29 is 18.4 Å². The summed E-state index contributed by atoms with van der Waals surface area (Å²) in [6.45, 7) is 1.17. The predicted octanol–water partition coefficient (Wildman–Crippen LogP) is 2.53. The van der Waals surface area contributed by atoms with E-state index in [2.05, 4.69) is 10.3 Å². The topological polar surface area (TPSA) is 62.3 Å². The van der Waals surface area contributed by atoms with Gasteiger partial charge in [-0.25, -0.2) is 8.78 Å². The van der Waals surface area contributed by atoms with E-state index in [9.17, 15) is 18.4 Å². The van der Waals surface area contributed by atoms with E-state index in [0.29, 0.717) is 32.5 Å². The van der Waals surface area contributed by atoms with Crippen molar-refractivity contribution in [1.29, 1.82) is 0 Å². The quantitative estimate of drug-likeness (QED) is 0.913. The minimum Gasteiger partial charge on any atom is -0.350 e. The van der Waals surface area contributed by atoms with E-state index in [1.54, 1.807) is 11.1 Å². The number of nitrogens with one attached hydrogen (secondary N) is 1. The van der Waals surface area contributed by atoms with Crippen LogP contribution in [0.2, 0.25) is 0 Å². The number of amides is 2. The molecular weight excluding hydrogens is 340 g/mol. The fourth-order valence-corrected chi connectivity index (χ4v) is 2.98. The molecule has 0 aliphatic carbocycles. The third-order valence-electron chi connectivity index (χ3n) is 4.49. The third-order valence-corrected chi connectivity index (χ3v) is 4.49. The predicted molar refractivity (Wildman–Crippen MR) is 91.1 cm³/mol.